The zero-order chi connectivity index (χ0) is 13.7. The molecule has 0 aliphatic heterocycles. The van der Waals surface area contributed by atoms with Crippen LogP contribution in [0.5, 0.6) is 0 Å². The van der Waals surface area contributed by atoms with Crippen molar-refractivity contribution in [1.82, 2.24) is 10.6 Å². The van der Waals surface area contributed by atoms with Crippen molar-refractivity contribution in [3.63, 3.8) is 0 Å². The van der Waals surface area contributed by atoms with Gasteiger partial charge in [0.15, 0.2) is 0 Å². The molecule has 1 unspecified atom stereocenters. The zero-order valence-electron chi connectivity index (χ0n) is 10.3. The number of hydrogen-bond acceptors (Lipinski definition) is 3. The lowest BCUT2D eigenvalue weighted by atomic mass is 9.82. The lowest BCUT2D eigenvalue weighted by Gasteiger charge is -2.33. The van der Waals surface area contributed by atoms with Crippen LogP contribution in [0.1, 0.15) is 32.6 Å². The van der Waals surface area contributed by atoms with E-state index in [1.54, 1.807) is 0 Å². The molecule has 0 aromatic heterocycles. The molecule has 5 N–H and O–H groups in total. The van der Waals surface area contributed by atoms with E-state index in [0.717, 1.165) is 12.8 Å². The van der Waals surface area contributed by atoms with Crippen molar-refractivity contribution in [2.45, 2.75) is 44.7 Å². The topological polar surface area (TPSA) is 122 Å². The zero-order valence-corrected chi connectivity index (χ0v) is 10.3. The number of nitrogens with two attached hydrogens (primary N) is 1. The number of amides is 3. The van der Waals surface area contributed by atoms with Gasteiger partial charge < -0.3 is 21.5 Å². The van der Waals surface area contributed by atoms with E-state index in [0.29, 0.717) is 5.92 Å². The van der Waals surface area contributed by atoms with Gasteiger partial charge in [-0.05, 0) is 25.2 Å². The van der Waals surface area contributed by atoms with E-state index in [-0.39, 0.29) is 18.9 Å². The quantitative estimate of drug-likeness (QED) is 0.526. The van der Waals surface area contributed by atoms with Crippen molar-refractivity contribution < 1.29 is 19.5 Å². The molecule has 1 atom stereocenters. The lowest BCUT2D eigenvalue weighted by Crippen LogP contribution is -2.52. The van der Waals surface area contributed by atoms with E-state index in [2.05, 4.69) is 17.6 Å². The summed E-state index contributed by atoms with van der Waals surface area (Å²) < 4.78 is 0. The van der Waals surface area contributed by atoms with E-state index in [1.165, 1.54) is 0 Å². The molecule has 0 heterocycles. The number of primary amides is 1. The standard InChI is InChI=1S/C11H19N3O4/c1-6-4-7(5-6)13-11(18)14-8(10(16)17)2-3-9(12)15/h6-8H,2-5H2,1H3,(H2,12,15)(H,16,17)(H2,13,14,18). The lowest BCUT2D eigenvalue weighted by molar-refractivity contribution is -0.139. The first kappa shape index (κ1) is 14.3. The van der Waals surface area contributed by atoms with Crippen LogP contribution in [0, 0.1) is 5.92 Å². The summed E-state index contributed by atoms with van der Waals surface area (Å²) in [6, 6.07) is -1.48. The Bertz CT molecular complexity index is 339. The molecule has 0 aromatic carbocycles. The van der Waals surface area contributed by atoms with Crippen molar-refractivity contribution in [1.29, 1.82) is 0 Å². The average Bonchev–Trinajstić information content (AvgIpc) is 2.21. The Kier molecular flexibility index (Phi) is 4.94. The summed E-state index contributed by atoms with van der Waals surface area (Å²) in [4.78, 5) is 33.0. The van der Waals surface area contributed by atoms with Gasteiger partial charge in [-0.1, -0.05) is 6.92 Å². The Morgan fingerprint density at radius 3 is 2.44 bits per heavy atom. The van der Waals surface area contributed by atoms with E-state index in [4.69, 9.17) is 10.8 Å². The average molecular weight is 257 g/mol. The summed E-state index contributed by atoms with van der Waals surface area (Å²) in [5, 5.41) is 13.9. The Labute approximate surface area is 105 Å². The number of rotatable bonds is 6. The van der Waals surface area contributed by atoms with Crippen LogP contribution in [0.15, 0.2) is 0 Å². The largest absolute Gasteiger partial charge is 0.480 e. The van der Waals surface area contributed by atoms with Gasteiger partial charge in [-0.15, -0.1) is 0 Å². The molecule has 0 radical (unpaired) electrons. The maximum atomic E-state index is 11.5. The summed E-state index contributed by atoms with van der Waals surface area (Å²) in [6.45, 7) is 2.09. The van der Waals surface area contributed by atoms with Crippen LogP contribution in [-0.2, 0) is 9.59 Å². The number of carbonyl (C=O) groups excluding carboxylic acids is 2. The number of carbonyl (C=O) groups is 3. The second-order valence-electron chi connectivity index (χ2n) is 4.79. The van der Waals surface area contributed by atoms with Crippen molar-refractivity contribution in [3.8, 4) is 0 Å². The van der Waals surface area contributed by atoms with Crippen molar-refractivity contribution in [2.75, 3.05) is 0 Å². The maximum absolute atomic E-state index is 11.5. The van der Waals surface area contributed by atoms with Crippen LogP contribution >= 0.6 is 0 Å². The molecule has 0 bridgehead atoms. The number of carboxylic acids is 1. The van der Waals surface area contributed by atoms with E-state index in [9.17, 15) is 14.4 Å². The molecule has 1 aliphatic carbocycles. The Morgan fingerprint density at radius 2 is 2.00 bits per heavy atom. The molecule has 1 aliphatic rings. The Hall–Kier alpha value is -1.79. The monoisotopic (exact) mass is 257 g/mol. The number of urea groups is 1. The van der Waals surface area contributed by atoms with Crippen LogP contribution < -0.4 is 16.4 Å². The smallest absolute Gasteiger partial charge is 0.326 e. The molecule has 1 rings (SSSR count). The Balaban J connectivity index is 2.33. The van der Waals surface area contributed by atoms with Gasteiger partial charge in [0.1, 0.15) is 6.04 Å². The van der Waals surface area contributed by atoms with Gasteiger partial charge in [-0.2, -0.15) is 0 Å². The number of nitrogens with one attached hydrogen (secondary N) is 2. The van der Waals surface area contributed by atoms with Crippen molar-refractivity contribution >= 4 is 17.9 Å². The van der Waals surface area contributed by atoms with E-state index in [1.807, 2.05) is 0 Å². The molecule has 0 saturated heterocycles. The first-order valence-corrected chi connectivity index (χ1v) is 5.96. The summed E-state index contributed by atoms with van der Waals surface area (Å²) in [7, 11) is 0. The van der Waals surface area contributed by atoms with Crippen LogP contribution in [0.4, 0.5) is 4.79 Å². The van der Waals surface area contributed by atoms with Gasteiger partial charge in [-0.3, -0.25) is 4.79 Å². The van der Waals surface area contributed by atoms with Gasteiger partial charge in [-0.25, -0.2) is 9.59 Å². The van der Waals surface area contributed by atoms with E-state index >= 15 is 0 Å². The summed E-state index contributed by atoms with van der Waals surface area (Å²) in [5.74, 6) is -1.16. The fraction of sp³-hybridized carbons (Fsp3) is 0.727. The number of aliphatic carboxylic acids is 1. The highest BCUT2D eigenvalue weighted by Crippen LogP contribution is 2.25. The molecule has 0 spiro atoms. The Morgan fingerprint density at radius 1 is 1.39 bits per heavy atom. The van der Waals surface area contributed by atoms with Gasteiger partial charge in [0.25, 0.3) is 0 Å². The third-order valence-electron chi connectivity index (χ3n) is 2.99. The summed E-state index contributed by atoms with van der Waals surface area (Å²) in [5.41, 5.74) is 4.94. The van der Waals surface area contributed by atoms with Crippen LogP contribution in [0.3, 0.4) is 0 Å². The first-order chi connectivity index (χ1) is 8.38. The minimum atomic E-state index is -1.17. The number of carboxylic acid groups (broad SMARTS) is 1. The third kappa shape index (κ3) is 4.60. The molecule has 1 fully saturated rings. The highest BCUT2D eigenvalue weighted by atomic mass is 16.4. The maximum Gasteiger partial charge on any atom is 0.326 e. The summed E-state index contributed by atoms with van der Waals surface area (Å²) >= 11 is 0. The fourth-order valence-electron chi connectivity index (χ4n) is 1.95. The highest BCUT2D eigenvalue weighted by Gasteiger charge is 2.28. The minimum Gasteiger partial charge on any atom is -0.480 e. The SMILES string of the molecule is CC1CC(NC(=O)NC(CCC(N)=O)C(=O)O)C1. The molecule has 7 nitrogen and oxygen atoms in total. The predicted molar refractivity (Wildman–Crippen MR) is 63.7 cm³/mol. The van der Waals surface area contributed by atoms with Crippen LogP contribution in [0.2, 0.25) is 0 Å². The molecule has 7 heteroatoms. The fourth-order valence-corrected chi connectivity index (χ4v) is 1.95. The van der Waals surface area contributed by atoms with Gasteiger partial charge in [0.2, 0.25) is 5.91 Å². The highest BCUT2D eigenvalue weighted by molar-refractivity contribution is 5.83. The van der Waals surface area contributed by atoms with Gasteiger partial charge in [0.05, 0.1) is 0 Å². The summed E-state index contributed by atoms with van der Waals surface area (Å²) in [6.07, 6.45) is 1.75. The number of hydrogen-bond donors (Lipinski definition) is 4. The normalized spacial score (nSPS) is 23.6. The minimum absolute atomic E-state index is 0.000837. The molecular formula is C11H19N3O4. The third-order valence-corrected chi connectivity index (χ3v) is 2.99. The first-order valence-electron chi connectivity index (χ1n) is 5.96. The van der Waals surface area contributed by atoms with Crippen LogP contribution in [-0.4, -0.2) is 35.1 Å². The van der Waals surface area contributed by atoms with Crippen molar-refractivity contribution in [2.24, 2.45) is 11.7 Å². The van der Waals surface area contributed by atoms with E-state index < -0.39 is 23.9 Å². The molecule has 0 aromatic rings. The molecular weight excluding hydrogens is 238 g/mol. The van der Waals surface area contributed by atoms with Crippen molar-refractivity contribution in [3.05, 3.63) is 0 Å². The van der Waals surface area contributed by atoms with Crippen LogP contribution in [0.25, 0.3) is 0 Å². The second kappa shape index (κ2) is 6.23. The van der Waals surface area contributed by atoms with Gasteiger partial charge in [0, 0.05) is 12.5 Å². The molecule has 102 valence electrons. The molecule has 3 amide bonds. The molecule has 18 heavy (non-hydrogen) atoms. The van der Waals surface area contributed by atoms with Gasteiger partial charge >= 0.3 is 12.0 Å². The predicted octanol–water partition coefficient (Wildman–Crippen LogP) is -0.197. The second-order valence-corrected chi connectivity index (χ2v) is 4.79. The molecule has 1 saturated carbocycles.